The number of anilines is 1. The lowest BCUT2D eigenvalue weighted by molar-refractivity contribution is -0.900. The van der Waals surface area contributed by atoms with E-state index in [2.05, 4.69) is 22.7 Å². The van der Waals surface area contributed by atoms with E-state index in [-0.39, 0.29) is 11.8 Å². The number of hydrogen-bond donors (Lipinski definition) is 4. The van der Waals surface area contributed by atoms with Crippen molar-refractivity contribution >= 4 is 23.2 Å². The maximum absolute atomic E-state index is 11.9. The number of quaternary nitrogens is 1. The lowest BCUT2D eigenvalue weighted by Crippen LogP contribution is -3.15. The smallest absolute Gasteiger partial charge is 0.293 e. The van der Waals surface area contributed by atoms with Crippen molar-refractivity contribution < 1.29 is 19.2 Å². The molecule has 0 saturated carbocycles. The second-order valence-electron chi connectivity index (χ2n) is 5.45. The van der Waals surface area contributed by atoms with E-state index in [0.717, 1.165) is 18.7 Å². The van der Waals surface area contributed by atoms with Gasteiger partial charge in [0.1, 0.15) is 13.1 Å². The van der Waals surface area contributed by atoms with Crippen molar-refractivity contribution in [1.82, 2.24) is 10.9 Å². The van der Waals surface area contributed by atoms with E-state index in [1.54, 1.807) is 12.1 Å². The molecule has 1 aromatic carbocycles. The van der Waals surface area contributed by atoms with Gasteiger partial charge in [0.2, 0.25) is 5.91 Å². The molecule has 1 heterocycles. The highest BCUT2D eigenvalue weighted by molar-refractivity contribution is 5.89. The van der Waals surface area contributed by atoms with Gasteiger partial charge in [0.15, 0.2) is 6.54 Å². The number of ether oxygens (including phenoxy) is 1. The van der Waals surface area contributed by atoms with Crippen LogP contribution >= 0.6 is 0 Å². The lowest BCUT2D eigenvalue weighted by atomic mass is 10.1. The molecule has 0 radical (unpaired) electrons. The quantitative estimate of drug-likeness (QED) is 0.515. The minimum absolute atomic E-state index is 0.0962. The number of carbonyl (C=O) groups excluding carboxylic acids is 2. The molecule has 23 heavy (non-hydrogen) atoms. The van der Waals surface area contributed by atoms with Gasteiger partial charge in [-0.05, 0) is 12.1 Å². The Balaban J connectivity index is 1.81. The SMILES string of the molecule is C=C(NNC(=O)C[NH+]1CCOCC1)c1cccc(NC(C)=O)c1. The summed E-state index contributed by atoms with van der Waals surface area (Å²) in [4.78, 5) is 24.2. The Hall–Kier alpha value is -2.38. The first-order valence-corrected chi connectivity index (χ1v) is 7.57. The molecule has 0 bridgehead atoms. The molecule has 0 spiro atoms. The Kier molecular flexibility index (Phi) is 6.13. The van der Waals surface area contributed by atoms with Crippen LogP contribution in [0.3, 0.4) is 0 Å². The molecule has 1 aromatic rings. The molecular weight excluding hydrogens is 296 g/mol. The summed E-state index contributed by atoms with van der Waals surface area (Å²) in [6.45, 7) is 8.82. The molecule has 4 N–H and O–H groups in total. The third kappa shape index (κ3) is 5.72. The van der Waals surface area contributed by atoms with Crippen LogP contribution in [0.4, 0.5) is 5.69 Å². The molecule has 7 heteroatoms. The maximum Gasteiger partial charge on any atom is 0.293 e. The summed E-state index contributed by atoms with van der Waals surface area (Å²) in [5.74, 6) is -0.233. The van der Waals surface area contributed by atoms with E-state index in [1.807, 2.05) is 12.1 Å². The highest BCUT2D eigenvalue weighted by atomic mass is 16.5. The van der Waals surface area contributed by atoms with Gasteiger partial charge in [-0.15, -0.1) is 0 Å². The van der Waals surface area contributed by atoms with Crippen LogP contribution in [-0.4, -0.2) is 44.7 Å². The minimum Gasteiger partial charge on any atom is -0.370 e. The molecular formula is C16H23N4O3+. The highest BCUT2D eigenvalue weighted by Gasteiger charge is 2.17. The second kappa shape index (κ2) is 8.30. The summed E-state index contributed by atoms with van der Waals surface area (Å²) in [5.41, 5.74) is 7.50. The van der Waals surface area contributed by atoms with Crippen molar-refractivity contribution in [2.24, 2.45) is 0 Å². The maximum atomic E-state index is 11.9. The number of nitrogens with one attached hydrogen (secondary N) is 4. The molecule has 7 nitrogen and oxygen atoms in total. The van der Waals surface area contributed by atoms with Crippen molar-refractivity contribution in [3.05, 3.63) is 36.4 Å². The fourth-order valence-corrected chi connectivity index (χ4v) is 2.31. The third-order valence-electron chi connectivity index (χ3n) is 3.49. The zero-order chi connectivity index (χ0) is 16.7. The monoisotopic (exact) mass is 319 g/mol. The standard InChI is InChI=1S/C16H22N4O3/c1-12(14-4-3-5-15(10-14)17-13(2)21)18-19-16(22)11-20-6-8-23-9-7-20/h3-5,10,18H,1,6-9,11H2,2H3,(H,17,21)(H,19,22)/p+1. The molecule has 1 saturated heterocycles. The molecule has 0 atom stereocenters. The fraction of sp³-hybridized carbons (Fsp3) is 0.375. The van der Waals surface area contributed by atoms with Crippen molar-refractivity contribution in [3.8, 4) is 0 Å². The zero-order valence-corrected chi connectivity index (χ0v) is 13.3. The molecule has 124 valence electrons. The van der Waals surface area contributed by atoms with Gasteiger partial charge in [0, 0.05) is 18.2 Å². The summed E-state index contributed by atoms with van der Waals surface area (Å²) in [7, 11) is 0. The van der Waals surface area contributed by atoms with E-state index in [1.165, 1.54) is 11.8 Å². The van der Waals surface area contributed by atoms with Gasteiger partial charge < -0.3 is 15.0 Å². The molecule has 0 unspecified atom stereocenters. The molecule has 2 amide bonds. The van der Waals surface area contributed by atoms with Crippen LogP contribution < -0.4 is 21.1 Å². The van der Waals surface area contributed by atoms with Crippen LogP contribution in [0.1, 0.15) is 12.5 Å². The van der Waals surface area contributed by atoms with Crippen LogP contribution in [0.5, 0.6) is 0 Å². The van der Waals surface area contributed by atoms with E-state index in [9.17, 15) is 9.59 Å². The fourth-order valence-electron chi connectivity index (χ4n) is 2.31. The first kappa shape index (κ1) is 17.0. The van der Waals surface area contributed by atoms with Gasteiger partial charge in [-0.3, -0.25) is 20.4 Å². The molecule has 1 aliphatic rings. The zero-order valence-electron chi connectivity index (χ0n) is 13.3. The van der Waals surface area contributed by atoms with Crippen molar-refractivity contribution in [2.45, 2.75) is 6.92 Å². The Morgan fingerprint density at radius 1 is 1.26 bits per heavy atom. The number of hydrazine groups is 1. The third-order valence-corrected chi connectivity index (χ3v) is 3.49. The van der Waals surface area contributed by atoms with Gasteiger partial charge in [-0.1, -0.05) is 18.7 Å². The minimum atomic E-state index is -0.137. The lowest BCUT2D eigenvalue weighted by Gasteiger charge is -2.23. The van der Waals surface area contributed by atoms with E-state index in [0.29, 0.717) is 31.1 Å². The van der Waals surface area contributed by atoms with Gasteiger partial charge in [0.05, 0.1) is 18.9 Å². The largest absolute Gasteiger partial charge is 0.370 e. The van der Waals surface area contributed by atoms with Gasteiger partial charge in [-0.2, -0.15) is 0 Å². The Labute approximate surface area is 135 Å². The Morgan fingerprint density at radius 3 is 2.70 bits per heavy atom. The van der Waals surface area contributed by atoms with Crippen LogP contribution in [0.15, 0.2) is 30.8 Å². The van der Waals surface area contributed by atoms with Gasteiger partial charge in [0.25, 0.3) is 5.91 Å². The average molecular weight is 319 g/mol. The van der Waals surface area contributed by atoms with E-state index < -0.39 is 0 Å². The number of rotatable bonds is 6. The van der Waals surface area contributed by atoms with Crippen LogP contribution in [-0.2, 0) is 14.3 Å². The first-order valence-electron chi connectivity index (χ1n) is 7.57. The van der Waals surface area contributed by atoms with E-state index in [4.69, 9.17) is 4.74 Å². The molecule has 0 aliphatic carbocycles. The Morgan fingerprint density at radius 2 is 2.00 bits per heavy atom. The van der Waals surface area contributed by atoms with Gasteiger partial charge in [-0.25, -0.2) is 0 Å². The van der Waals surface area contributed by atoms with Crippen molar-refractivity contribution in [2.75, 3.05) is 38.2 Å². The summed E-state index contributed by atoms with van der Waals surface area (Å²) in [6, 6.07) is 7.24. The van der Waals surface area contributed by atoms with Crippen LogP contribution in [0.25, 0.3) is 5.70 Å². The number of amides is 2. The summed E-state index contributed by atoms with van der Waals surface area (Å²) >= 11 is 0. The average Bonchev–Trinajstić information content (AvgIpc) is 2.53. The molecule has 1 aliphatic heterocycles. The van der Waals surface area contributed by atoms with E-state index >= 15 is 0 Å². The normalized spacial score (nSPS) is 14.8. The van der Waals surface area contributed by atoms with Gasteiger partial charge >= 0.3 is 0 Å². The highest BCUT2D eigenvalue weighted by Crippen LogP contribution is 2.15. The number of benzene rings is 1. The number of morpholine rings is 1. The Bertz CT molecular complexity index is 582. The first-order chi connectivity index (χ1) is 11.0. The predicted molar refractivity (Wildman–Crippen MR) is 87.4 cm³/mol. The summed E-state index contributed by atoms with van der Waals surface area (Å²) in [6.07, 6.45) is 0. The topological polar surface area (TPSA) is 83.9 Å². The van der Waals surface area contributed by atoms with Crippen LogP contribution in [0, 0.1) is 0 Å². The van der Waals surface area contributed by atoms with Crippen LogP contribution in [0.2, 0.25) is 0 Å². The van der Waals surface area contributed by atoms with Crippen molar-refractivity contribution in [1.29, 1.82) is 0 Å². The van der Waals surface area contributed by atoms with Crippen molar-refractivity contribution in [3.63, 3.8) is 0 Å². The molecule has 2 rings (SSSR count). The number of hydrogen-bond acceptors (Lipinski definition) is 4. The molecule has 1 fully saturated rings. The predicted octanol–water partition coefficient (Wildman–Crippen LogP) is -0.848. The molecule has 0 aromatic heterocycles. The number of carbonyl (C=O) groups is 2. The summed E-state index contributed by atoms with van der Waals surface area (Å²) < 4.78 is 5.26. The second-order valence-corrected chi connectivity index (χ2v) is 5.45. The summed E-state index contributed by atoms with van der Waals surface area (Å²) in [5, 5.41) is 2.71.